The number of hydrogen-bond acceptors (Lipinski definition) is 4. The Morgan fingerprint density at radius 3 is 2.61 bits per heavy atom. The molecular formula is C26H31ClN4O2. The first-order valence-electron chi connectivity index (χ1n) is 11.7. The van der Waals surface area contributed by atoms with E-state index in [1.54, 1.807) is 9.58 Å². The van der Waals surface area contributed by atoms with E-state index >= 15 is 0 Å². The van der Waals surface area contributed by atoms with E-state index in [1.807, 2.05) is 62.5 Å². The molecule has 0 bridgehead atoms. The molecule has 3 aromatic rings. The second-order valence-corrected chi connectivity index (χ2v) is 9.21. The summed E-state index contributed by atoms with van der Waals surface area (Å²) in [6.45, 7) is 4.90. The molecule has 0 N–H and O–H groups in total. The van der Waals surface area contributed by atoms with E-state index in [1.165, 1.54) is 0 Å². The normalized spacial score (nSPS) is 16.4. The maximum atomic E-state index is 13.3. The number of hydrogen-bond donors (Lipinski definition) is 0. The van der Waals surface area contributed by atoms with Gasteiger partial charge in [-0.15, -0.1) is 0 Å². The van der Waals surface area contributed by atoms with Crippen LogP contribution >= 0.6 is 11.6 Å². The monoisotopic (exact) mass is 466 g/mol. The minimum atomic E-state index is -0.0564. The van der Waals surface area contributed by atoms with Crippen molar-refractivity contribution in [1.29, 1.82) is 0 Å². The highest BCUT2D eigenvalue weighted by atomic mass is 35.5. The van der Waals surface area contributed by atoms with E-state index < -0.39 is 0 Å². The zero-order valence-corrected chi connectivity index (χ0v) is 20.1. The Hall–Kier alpha value is -2.70. The third kappa shape index (κ3) is 5.45. The summed E-state index contributed by atoms with van der Waals surface area (Å²) in [7, 11) is 1.84. The minimum absolute atomic E-state index is 0.0564. The van der Waals surface area contributed by atoms with Crippen LogP contribution in [0.5, 0.6) is 0 Å². The van der Waals surface area contributed by atoms with Crippen molar-refractivity contribution >= 4 is 28.3 Å². The molecule has 1 atom stereocenters. The lowest BCUT2D eigenvalue weighted by molar-refractivity contribution is -0.130. The summed E-state index contributed by atoms with van der Waals surface area (Å²) < 4.78 is 1.64. The van der Waals surface area contributed by atoms with Crippen LogP contribution in [-0.2, 0) is 17.8 Å². The van der Waals surface area contributed by atoms with Gasteiger partial charge < -0.3 is 4.90 Å². The van der Waals surface area contributed by atoms with Crippen molar-refractivity contribution in [2.45, 2.75) is 45.2 Å². The fourth-order valence-corrected chi connectivity index (χ4v) is 4.68. The van der Waals surface area contributed by atoms with Crippen molar-refractivity contribution in [3.8, 4) is 0 Å². The molecule has 1 amide bonds. The third-order valence-corrected chi connectivity index (χ3v) is 6.88. The van der Waals surface area contributed by atoms with Gasteiger partial charge in [0.2, 0.25) is 5.91 Å². The van der Waals surface area contributed by atoms with Gasteiger partial charge in [0.25, 0.3) is 5.56 Å². The van der Waals surface area contributed by atoms with Crippen molar-refractivity contribution in [2.75, 3.05) is 26.7 Å². The van der Waals surface area contributed by atoms with Gasteiger partial charge in [-0.3, -0.25) is 14.5 Å². The lowest BCUT2D eigenvalue weighted by Gasteiger charge is -2.25. The zero-order chi connectivity index (χ0) is 23.4. The molecule has 0 radical (unpaired) electrons. The van der Waals surface area contributed by atoms with Crippen molar-refractivity contribution in [3.63, 3.8) is 0 Å². The highest BCUT2D eigenvalue weighted by molar-refractivity contribution is 6.30. The van der Waals surface area contributed by atoms with Gasteiger partial charge in [0.15, 0.2) is 0 Å². The summed E-state index contributed by atoms with van der Waals surface area (Å²) in [6.07, 6.45) is 3.21. The molecule has 1 fully saturated rings. The fourth-order valence-electron chi connectivity index (χ4n) is 4.56. The molecule has 1 aliphatic rings. The van der Waals surface area contributed by atoms with E-state index in [-0.39, 0.29) is 17.5 Å². The Balaban J connectivity index is 1.58. The summed E-state index contributed by atoms with van der Waals surface area (Å²) in [5.74, 6) is 0.161. The fraction of sp³-hybridized carbons (Fsp3) is 0.423. The molecule has 1 aromatic heterocycles. The minimum Gasteiger partial charge on any atom is -0.346 e. The lowest BCUT2D eigenvalue weighted by Crippen LogP contribution is -2.39. The van der Waals surface area contributed by atoms with Crippen LogP contribution in [0.1, 0.15) is 37.4 Å². The number of carbonyl (C=O) groups excluding carboxylic acids is 1. The smallest absolute Gasteiger partial charge is 0.274 e. The standard InChI is InChI=1S/C26H31ClN4O2/c1-3-29(2)25(32)14-16-30-15-6-7-21(30)18-31-26(33)23-9-5-4-8-22(23)24(28-31)17-19-10-12-20(27)13-11-19/h4-5,8-13,21H,3,6-7,14-18H2,1-2H3. The number of nitrogens with zero attached hydrogens (tertiary/aromatic N) is 4. The molecule has 2 heterocycles. The van der Waals surface area contributed by atoms with Crippen LogP contribution in [-0.4, -0.2) is 58.2 Å². The molecule has 6 nitrogen and oxygen atoms in total. The Bertz CT molecular complexity index is 1180. The Kier molecular flexibility index (Phi) is 7.46. The zero-order valence-electron chi connectivity index (χ0n) is 19.3. The van der Waals surface area contributed by atoms with Gasteiger partial charge in [-0.05, 0) is 50.1 Å². The number of halogens is 1. The highest BCUT2D eigenvalue weighted by Crippen LogP contribution is 2.21. The largest absolute Gasteiger partial charge is 0.346 e. The molecule has 0 saturated carbocycles. The molecule has 1 unspecified atom stereocenters. The first-order valence-corrected chi connectivity index (χ1v) is 12.0. The molecule has 4 rings (SSSR count). The predicted molar refractivity (Wildman–Crippen MR) is 133 cm³/mol. The molecular weight excluding hydrogens is 436 g/mol. The molecule has 0 spiro atoms. The summed E-state index contributed by atoms with van der Waals surface area (Å²) in [5.41, 5.74) is 1.93. The van der Waals surface area contributed by atoms with Gasteiger partial charge in [0, 0.05) is 49.4 Å². The summed E-state index contributed by atoms with van der Waals surface area (Å²) >= 11 is 6.05. The molecule has 33 heavy (non-hydrogen) atoms. The second kappa shape index (κ2) is 10.5. The first-order chi connectivity index (χ1) is 16.0. The van der Waals surface area contributed by atoms with Crippen LogP contribution < -0.4 is 5.56 Å². The van der Waals surface area contributed by atoms with Crippen molar-refractivity contribution in [2.24, 2.45) is 0 Å². The van der Waals surface area contributed by atoms with Crippen LogP contribution in [0.4, 0.5) is 0 Å². The van der Waals surface area contributed by atoms with Crippen molar-refractivity contribution in [3.05, 3.63) is 75.2 Å². The quantitative estimate of drug-likeness (QED) is 0.504. The van der Waals surface area contributed by atoms with Gasteiger partial charge in [0.1, 0.15) is 0 Å². The Labute approximate surface area is 199 Å². The maximum Gasteiger partial charge on any atom is 0.274 e. The maximum absolute atomic E-state index is 13.3. The van der Waals surface area contributed by atoms with E-state index in [4.69, 9.17) is 16.7 Å². The van der Waals surface area contributed by atoms with Crippen molar-refractivity contribution in [1.82, 2.24) is 19.6 Å². The molecule has 1 saturated heterocycles. The second-order valence-electron chi connectivity index (χ2n) is 8.77. The number of benzene rings is 2. The number of fused-ring (bicyclic) bond motifs is 1. The van der Waals surface area contributed by atoms with E-state index in [0.29, 0.717) is 36.3 Å². The number of aromatic nitrogens is 2. The summed E-state index contributed by atoms with van der Waals surface area (Å²) in [5, 5.41) is 7.11. The molecule has 2 aromatic carbocycles. The van der Waals surface area contributed by atoms with Crippen LogP contribution in [0.2, 0.25) is 5.02 Å². The van der Waals surface area contributed by atoms with Gasteiger partial charge in [-0.1, -0.05) is 41.9 Å². The van der Waals surface area contributed by atoms with E-state index in [0.717, 1.165) is 42.6 Å². The van der Waals surface area contributed by atoms with Gasteiger partial charge >= 0.3 is 0 Å². The van der Waals surface area contributed by atoms with Crippen LogP contribution in [0.15, 0.2) is 53.3 Å². The van der Waals surface area contributed by atoms with Gasteiger partial charge in [-0.2, -0.15) is 5.10 Å². The lowest BCUT2D eigenvalue weighted by atomic mass is 10.0. The number of carbonyl (C=O) groups is 1. The van der Waals surface area contributed by atoms with Gasteiger partial charge in [0.05, 0.1) is 17.6 Å². The first kappa shape index (κ1) is 23.5. The SMILES string of the molecule is CCN(C)C(=O)CCN1CCCC1Cn1nc(Cc2ccc(Cl)cc2)c2ccccc2c1=O. The number of likely N-dealkylation sites (tertiary alicyclic amines) is 1. The number of amides is 1. The highest BCUT2D eigenvalue weighted by Gasteiger charge is 2.26. The summed E-state index contributed by atoms with van der Waals surface area (Å²) in [6, 6.07) is 15.7. The average molecular weight is 467 g/mol. The Morgan fingerprint density at radius 2 is 1.88 bits per heavy atom. The molecule has 0 aliphatic carbocycles. The summed E-state index contributed by atoms with van der Waals surface area (Å²) in [4.78, 5) is 29.6. The van der Waals surface area contributed by atoms with Crippen LogP contribution in [0.3, 0.4) is 0 Å². The number of rotatable bonds is 8. The topological polar surface area (TPSA) is 58.4 Å². The van der Waals surface area contributed by atoms with Crippen LogP contribution in [0.25, 0.3) is 10.8 Å². The van der Waals surface area contributed by atoms with Crippen LogP contribution in [0, 0.1) is 0 Å². The molecule has 1 aliphatic heterocycles. The van der Waals surface area contributed by atoms with E-state index in [2.05, 4.69) is 4.90 Å². The molecule has 7 heteroatoms. The Morgan fingerprint density at radius 1 is 1.15 bits per heavy atom. The van der Waals surface area contributed by atoms with E-state index in [9.17, 15) is 9.59 Å². The third-order valence-electron chi connectivity index (χ3n) is 6.62. The van der Waals surface area contributed by atoms with Crippen molar-refractivity contribution < 1.29 is 4.79 Å². The van der Waals surface area contributed by atoms with Gasteiger partial charge in [-0.25, -0.2) is 4.68 Å². The molecule has 174 valence electrons. The predicted octanol–water partition coefficient (Wildman–Crippen LogP) is 3.97. The average Bonchev–Trinajstić information content (AvgIpc) is 3.28.